The highest BCUT2D eigenvalue weighted by Gasteiger charge is 2.25. The smallest absolute Gasteiger partial charge is 0.129 e. The third-order valence-corrected chi connectivity index (χ3v) is 4.60. The molecule has 2 aliphatic carbocycles. The number of aromatic nitrogens is 1. The Labute approximate surface area is 129 Å². The molecule has 1 aromatic heterocycles. The molecule has 2 aliphatic rings. The summed E-state index contributed by atoms with van der Waals surface area (Å²) in [5.74, 6) is 1.87. The Hall–Kier alpha value is -1.09. The van der Waals surface area contributed by atoms with E-state index in [-0.39, 0.29) is 0 Å². The quantitative estimate of drug-likeness (QED) is 0.828. The Morgan fingerprint density at radius 2 is 2.00 bits per heavy atom. The molecule has 0 atom stereocenters. The summed E-state index contributed by atoms with van der Waals surface area (Å²) in [6.45, 7) is 6.72. The van der Waals surface area contributed by atoms with E-state index in [9.17, 15) is 0 Å². The van der Waals surface area contributed by atoms with Gasteiger partial charge in [0.25, 0.3) is 0 Å². The molecule has 3 heteroatoms. The average Bonchev–Trinajstić information content (AvgIpc) is 3.15. The lowest BCUT2D eigenvalue weighted by atomic mass is 10.1. The van der Waals surface area contributed by atoms with E-state index in [0.717, 1.165) is 19.1 Å². The number of hydrogen-bond acceptors (Lipinski definition) is 3. The zero-order valence-electron chi connectivity index (χ0n) is 13.5. The summed E-state index contributed by atoms with van der Waals surface area (Å²) in [7, 11) is 0. The second-order valence-electron chi connectivity index (χ2n) is 7.16. The van der Waals surface area contributed by atoms with E-state index >= 15 is 0 Å². The fourth-order valence-electron chi connectivity index (χ4n) is 3.32. The fourth-order valence-corrected chi connectivity index (χ4v) is 3.32. The third-order valence-electron chi connectivity index (χ3n) is 4.60. The van der Waals surface area contributed by atoms with Gasteiger partial charge in [-0.25, -0.2) is 4.98 Å². The van der Waals surface area contributed by atoms with E-state index in [4.69, 9.17) is 0 Å². The van der Waals surface area contributed by atoms with Crippen LogP contribution in [0.25, 0.3) is 0 Å². The molecule has 0 aromatic carbocycles. The monoisotopic (exact) mass is 287 g/mol. The number of anilines is 1. The largest absolute Gasteiger partial charge is 0.353 e. The van der Waals surface area contributed by atoms with Gasteiger partial charge in [-0.1, -0.05) is 26.7 Å². The molecule has 21 heavy (non-hydrogen) atoms. The van der Waals surface area contributed by atoms with Crippen LogP contribution in [0.3, 0.4) is 0 Å². The van der Waals surface area contributed by atoms with Gasteiger partial charge in [-0.15, -0.1) is 0 Å². The lowest BCUT2D eigenvalue weighted by Crippen LogP contribution is -2.37. The van der Waals surface area contributed by atoms with Crippen molar-refractivity contribution >= 4 is 5.82 Å². The van der Waals surface area contributed by atoms with E-state index in [1.165, 1.54) is 49.9 Å². The second kappa shape index (κ2) is 6.78. The lowest BCUT2D eigenvalue weighted by Gasteiger charge is -2.32. The van der Waals surface area contributed by atoms with Crippen LogP contribution in [-0.2, 0) is 6.54 Å². The van der Waals surface area contributed by atoms with Crippen LogP contribution < -0.4 is 10.2 Å². The highest BCUT2D eigenvalue weighted by Crippen LogP contribution is 2.28. The summed E-state index contributed by atoms with van der Waals surface area (Å²) in [6.07, 6.45) is 10.1. The summed E-state index contributed by atoms with van der Waals surface area (Å²) < 4.78 is 0. The molecule has 1 heterocycles. The number of pyridine rings is 1. The Morgan fingerprint density at radius 1 is 1.24 bits per heavy atom. The Morgan fingerprint density at radius 3 is 2.67 bits per heavy atom. The predicted molar refractivity (Wildman–Crippen MR) is 88.5 cm³/mol. The van der Waals surface area contributed by atoms with Crippen LogP contribution in [0, 0.1) is 5.92 Å². The molecule has 0 unspecified atom stereocenters. The molecule has 2 fully saturated rings. The lowest BCUT2D eigenvalue weighted by molar-refractivity contribution is 0.531. The number of hydrogen-bond donors (Lipinski definition) is 1. The van der Waals surface area contributed by atoms with Gasteiger partial charge in [-0.2, -0.15) is 0 Å². The van der Waals surface area contributed by atoms with Gasteiger partial charge in [0.1, 0.15) is 5.82 Å². The first-order valence-electron chi connectivity index (χ1n) is 8.67. The first kappa shape index (κ1) is 14.8. The van der Waals surface area contributed by atoms with Gasteiger partial charge in [-0.3, -0.25) is 0 Å². The molecular formula is C18H29N3. The Kier molecular flexibility index (Phi) is 4.79. The van der Waals surface area contributed by atoms with Crippen LogP contribution in [0.15, 0.2) is 18.3 Å². The Balaban J connectivity index is 1.71. The van der Waals surface area contributed by atoms with E-state index in [0.29, 0.717) is 12.0 Å². The topological polar surface area (TPSA) is 28.2 Å². The van der Waals surface area contributed by atoms with Gasteiger partial charge in [0.2, 0.25) is 0 Å². The van der Waals surface area contributed by atoms with Crippen LogP contribution in [-0.4, -0.2) is 23.6 Å². The van der Waals surface area contributed by atoms with Crippen molar-refractivity contribution in [2.75, 3.05) is 11.4 Å². The minimum atomic E-state index is 0.681. The maximum Gasteiger partial charge on any atom is 0.129 e. The van der Waals surface area contributed by atoms with Gasteiger partial charge < -0.3 is 10.2 Å². The fraction of sp³-hybridized carbons (Fsp3) is 0.722. The van der Waals surface area contributed by atoms with Gasteiger partial charge in [-0.05, 0) is 49.3 Å². The van der Waals surface area contributed by atoms with Crippen molar-refractivity contribution in [3.8, 4) is 0 Å². The molecule has 0 radical (unpaired) electrons. The summed E-state index contributed by atoms with van der Waals surface area (Å²) in [5, 5.41) is 3.60. The molecule has 2 saturated carbocycles. The van der Waals surface area contributed by atoms with Crippen LogP contribution in [0.5, 0.6) is 0 Å². The molecule has 0 amide bonds. The highest BCUT2D eigenvalue weighted by molar-refractivity contribution is 5.42. The van der Waals surface area contributed by atoms with E-state index in [2.05, 4.69) is 41.2 Å². The molecule has 1 aromatic rings. The van der Waals surface area contributed by atoms with Crippen molar-refractivity contribution < 1.29 is 0 Å². The molecule has 3 rings (SSSR count). The van der Waals surface area contributed by atoms with Gasteiger partial charge >= 0.3 is 0 Å². The zero-order chi connectivity index (χ0) is 14.7. The number of nitrogens with one attached hydrogen (secondary N) is 1. The average molecular weight is 287 g/mol. The maximum atomic E-state index is 4.68. The maximum absolute atomic E-state index is 4.68. The molecule has 1 N–H and O–H groups in total. The second-order valence-corrected chi connectivity index (χ2v) is 7.16. The molecule has 0 bridgehead atoms. The van der Waals surface area contributed by atoms with Crippen LogP contribution in [0.4, 0.5) is 5.82 Å². The predicted octanol–water partition coefficient (Wildman–Crippen LogP) is 3.74. The summed E-state index contributed by atoms with van der Waals surface area (Å²) in [4.78, 5) is 7.25. The van der Waals surface area contributed by atoms with Crippen molar-refractivity contribution in [1.82, 2.24) is 10.3 Å². The van der Waals surface area contributed by atoms with Gasteiger partial charge in [0, 0.05) is 31.4 Å². The highest BCUT2D eigenvalue weighted by atomic mass is 15.2. The summed E-state index contributed by atoms with van der Waals surface area (Å²) in [5.41, 5.74) is 1.37. The molecule has 3 nitrogen and oxygen atoms in total. The van der Waals surface area contributed by atoms with Crippen molar-refractivity contribution in [1.29, 1.82) is 0 Å². The zero-order valence-corrected chi connectivity index (χ0v) is 13.5. The van der Waals surface area contributed by atoms with E-state index < -0.39 is 0 Å². The van der Waals surface area contributed by atoms with Crippen molar-refractivity contribution in [2.24, 2.45) is 5.92 Å². The standard InChI is InChI=1S/C18H29N3/c1-14(2)13-21(17-5-3-4-6-17)18-11-15(9-10-19-18)12-20-16-7-8-16/h9-11,14,16-17,20H,3-8,12-13H2,1-2H3. The van der Waals surface area contributed by atoms with Crippen LogP contribution >= 0.6 is 0 Å². The SMILES string of the molecule is CC(C)CN(c1cc(CNC2CC2)ccn1)C1CCCC1. The van der Waals surface area contributed by atoms with Crippen LogP contribution in [0.1, 0.15) is 57.9 Å². The summed E-state index contributed by atoms with van der Waals surface area (Å²) in [6, 6.07) is 5.92. The van der Waals surface area contributed by atoms with E-state index in [1.54, 1.807) is 0 Å². The number of rotatable bonds is 7. The van der Waals surface area contributed by atoms with Crippen molar-refractivity contribution in [2.45, 2.75) is 71.0 Å². The molecule has 0 spiro atoms. The molecule has 0 aliphatic heterocycles. The minimum absolute atomic E-state index is 0.681. The first-order chi connectivity index (χ1) is 10.2. The first-order valence-corrected chi connectivity index (χ1v) is 8.67. The van der Waals surface area contributed by atoms with Gasteiger partial charge in [0.05, 0.1) is 0 Å². The molecule has 116 valence electrons. The molecule has 0 saturated heterocycles. The minimum Gasteiger partial charge on any atom is -0.353 e. The Bertz CT molecular complexity index is 448. The number of nitrogens with zero attached hydrogens (tertiary/aromatic N) is 2. The van der Waals surface area contributed by atoms with E-state index in [1.807, 2.05) is 6.20 Å². The molecular weight excluding hydrogens is 258 g/mol. The summed E-state index contributed by atoms with van der Waals surface area (Å²) >= 11 is 0. The van der Waals surface area contributed by atoms with Crippen molar-refractivity contribution in [3.05, 3.63) is 23.9 Å². The normalized spacial score (nSPS) is 19.4. The van der Waals surface area contributed by atoms with Gasteiger partial charge in [0.15, 0.2) is 0 Å². The van der Waals surface area contributed by atoms with Crippen LogP contribution in [0.2, 0.25) is 0 Å². The van der Waals surface area contributed by atoms with Crippen molar-refractivity contribution in [3.63, 3.8) is 0 Å². The third kappa shape index (κ3) is 4.19.